The Morgan fingerprint density at radius 2 is 2.52 bits per heavy atom. The van der Waals surface area contributed by atoms with Crippen LogP contribution in [-0.2, 0) is 8.92 Å². The van der Waals surface area contributed by atoms with Crippen molar-refractivity contribution in [3.63, 3.8) is 0 Å². The third-order valence-corrected chi connectivity index (χ3v) is 4.14. The molecule has 3 rings (SSSR count). The van der Waals surface area contributed by atoms with Crippen molar-refractivity contribution in [3.8, 4) is 0 Å². The maximum Gasteiger partial charge on any atom is 0.211 e. The lowest BCUT2D eigenvalue weighted by molar-refractivity contribution is -0.0453. The summed E-state index contributed by atoms with van der Waals surface area (Å²) in [6.07, 6.45) is -1.93. The Kier molecular flexibility index (Phi) is 3.75. The Labute approximate surface area is 148 Å². The highest BCUT2D eigenvalue weighted by atomic mass is 35.5. The maximum atomic E-state index is 7.39. The molecule has 0 spiro atoms. The number of nitrogens with zero attached hydrogens (tertiary/aromatic N) is 4. The first-order valence-electron chi connectivity index (χ1n) is 8.78. The fraction of sp³-hybridized carbons (Fsp3) is 0.583. The van der Waals surface area contributed by atoms with E-state index in [4.69, 9.17) is 36.3 Å². The number of fused-ring (bicyclic) bond motifs is 1. The van der Waals surface area contributed by atoms with Crippen molar-refractivity contribution in [2.24, 2.45) is 0 Å². The molecule has 0 bridgehead atoms. The molecule has 0 radical (unpaired) electrons. The third-order valence-electron chi connectivity index (χ3n) is 3.43. The number of ether oxygens (including phenoxy) is 1. The van der Waals surface area contributed by atoms with Gasteiger partial charge in [0.2, 0.25) is 2.86 Å². The first-order chi connectivity index (χ1) is 13.0. The molecule has 2 aromatic heterocycles. The van der Waals surface area contributed by atoms with Crippen molar-refractivity contribution in [2.75, 3.05) is 12.3 Å². The van der Waals surface area contributed by atoms with Crippen LogP contribution in [0.3, 0.4) is 0 Å². The average molecular weight is 366 g/mol. The molecule has 1 aliphatic heterocycles. The molecular weight excluding hydrogens is 342 g/mol. The Hall–Kier alpha value is -0.905. The van der Waals surface area contributed by atoms with E-state index in [-0.39, 0.29) is 17.4 Å². The van der Waals surface area contributed by atoms with Crippen LogP contribution < -0.4 is 0 Å². The predicted octanol–water partition coefficient (Wildman–Crippen LogP) is -0.337. The minimum atomic E-state index is -1.01. The Morgan fingerprint density at radius 3 is 3.30 bits per heavy atom. The molecule has 2 N–H and O–H groups in total. The molecule has 0 saturated carbocycles. The van der Waals surface area contributed by atoms with E-state index in [1.807, 2.05) is 0 Å². The minimum Gasteiger partial charge on any atom is -0.387 e. The molecule has 0 amide bonds. The van der Waals surface area contributed by atoms with Crippen molar-refractivity contribution >= 4 is 42.6 Å². The fourth-order valence-corrected chi connectivity index (χ4v) is 2.98. The van der Waals surface area contributed by atoms with Gasteiger partial charge in [0.05, 0.1) is 12.9 Å². The van der Waals surface area contributed by atoms with Crippen molar-refractivity contribution in [1.29, 1.82) is 5.53 Å². The number of hydrogen-bond donors (Lipinski definition) is 2. The van der Waals surface area contributed by atoms with E-state index in [1.165, 1.54) is 6.33 Å². The number of aliphatic hydroxyl groups excluding tert-OH is 2. The number of hydrogen-bond acceptors (Lipinski definition) is 8. The van der Waals surface area contributed by atoms with E-state index >= 15 is 0 Å². The molecule has 0 aliphatic carbocycles. The van der Waals surface area contributed by atoms with Gasteiger partial charge in [-0.2, -0.15) is 0 Å². The molecule has 1 fully saturated rings. The summed E-state index contributed by atoms with van der Waals surface area (Å²) in [7, 11) is -1.01. The van der Waals surface area contributed by atoms with Crippen LogP contribution in [0.1, 0.15) is 12.1 Å². The van der Waals surface area contributed by atoms with Crippen LogP contribution in [0.4, 0.5) is 0 Å². The van der Waals surface area contributed by atoms with Crippen LogP contribution >= 0.6 is 23.6 Å². The van der Waals surface area contributed by atoms with Gasteiger partial charge in [-0.3, -0.25) is 4.57 Å². The van der Waals surface area contributed by atoms with Gasteiger partial charge in [0.15, 0.2) is 17.0 Å². The van der Waals surface area contributed by atoms with Crippen molar-refractivity contribution in [1.82, 2.24) is 19.5 Å². The highest BCUT2D eigenvalue weighted by molar-refractivity contribution is 7.95. The van der Waals surface area contributed by atoms with Gasteiger partial charge >= 0.3 is 0 Å². The zero-order chi connectivity index (χ0) is 19.6. The summed E-state index contributed by atoms with van der Waals surface area (Å²) in [6, 6.07) is 0. The SMILES string of the molecule is [2H]B([3H])CSOC[C@H]1O[C@@H](n2cnc3c(Cl)nc(C)nc32)[C@H](O[3H])[C@@H]1O[3H]. The smallest absolute Gasteiger partial charge is 0.211 e. The topological polar surface area (TPSA) is 103 Å². The van der Waals surface area contributed by atoms with Gasteiger partial charge < -0.3 is 19.1 Å². The predicted molar refractivity (Wildman–Crippen MR) is 87.9 cm³/mol. The van der Waals surface area contributed by atoms with Gasteiger partial charge in [0, 0.05) is 0 Å². The van der Waals surface area contributed by atoms with Crippen LogP contribution in [0.15, 0.2) is 6.33 Å². The summed E-state index contributed by atoms with van der Waals surface area (Å²) in [6.45, 7) is 1.71. The molecule has 2 aromatic rings. The largest absolute Gasteiger partial charge is 0.387 e. The molecule has 0 aromatic carbocycles. The Balaban J connectivity index is 1.82. The molecule has 1 saturated heterocycles. The number of halogens is 1. The zero-order valence-corrected chi connectivity index (χ0v) is 13.7. The highest BCUT2D eigenvalue weighted by Crippen LogP contribution is 2.32. The van der Waals surface area contributed by atoms with Crippen molar-refractivity contribution in [3.05, 3.63) is 17.3 Å². The van der Waals surface area contributed by atoms with Crippen LogP contribution in [0.25, 0.3) is 11.2 Å². The van der Waals surface area contributed by atoms with E-state index in [0.29, 0.717) is 17.0 Å². The van der Waals surface area contributed by atoms with Gasteiger partial charge in [-0.25, -0.2) is 15.0 Å². The summed E-state index contributed by atoms with van der Waals surface area (Å²) >= 11 is 7.06. The summed E-state index contributed by atoms with van der Waals surface area (Å²) in [5.41, 5.74) is 0.956. The fourth-order valence-electron chi connectivity index (χ4n) is 2.40. The Bertz CT molecular complexity index is 793. The van der Waals surface area contributed by atoms with Gasteiger partial charge in [-0.1, -0.05) is 11.6 Å². The number of imidazole rings is 1. The second kappa shape index (κ2) is 6.92. The molecule has 0 unspecified atom stereocenters. The second-order valence-corrected chi connectivity index (χ2v) is 6.11. The summed E-state index contributed by atoms with van der Waals surface area (Å²) in [4.78, 5) is 12.6. The third kappa shape index (κ3) is 3.19. The van der Waals surface area contributed by atoms with Crippen LogP contribution in [0, 0.1) is 6.92 Å². The summed E-state index contributed by atoms with van der Waals surface area (Å²) in [5, 5.41) is 9.68. The summed E-state index contributed by atoms with van der Waals surface area (Å²) < 4.78 is 41.8. The number of aryl methyl sites for hydroxylation is 1. The van der Waals surface area contributed by atoms with Crippen LogP contribution in [-0.4, -0.2) is 73.6 Å². The van der Waals surface area contributed by atoms with Gasteiger partial charge in [0.1, 0.15) is 37.4 Å². The maximum absolute atomic E-state index is 7.39. The lowest BCUT2D eigenvalue weighted by Crippen LogP contribution is -2.33. The quantitative estimate of drug-likeness (QED) is 0.283. The number of aromatic nitrogens is 4. The average Bonchev–Trinajstić information content (AvgIpc) is 3.18. The van der Waals surface area contributed by atoms with E-state index in [9.17, 15) is 0 Å². The molecule has 23 heavy (non-hydrogen) atoms. The normalized spacial score (nSPS) is 30.0. The van der Waals surface area contributed by atoms with Gasteiger partial charge in [-0.15, -0.1) is 0 Å². The molecule has 1 aliphatic rings. The molecule has 4 atom stereocenters. The van der Waals surface area contributed by atoms with E-state index < -0.39 is 32.3 Å². The number of rotatable bonds is 8. The van der Waals surface area contributed by atoms with Gasteiger partial charge in [0.25, 0.3) is 0 Å². The first-order valence-corrected chi connectivity index (χ1v) is 8.10. The van der Waals surface area contributed by atoms with E-state index in [2.05, 4.69) is 15.0 Å². The Morgan fingerprint density at radius 1 is 1.65 bits per heavy atom. The second-order valence-electron chi connectivity index (χ2n) is 4.95. The van der Waals surface area contributed by atoms with Crippen LogP contribution in [0.5, 0.6) is 0 Å². The van der Waals surface area contributed by atoms with Crippen LogP contribution in [0.2, 0.25) is 5.15 Å². The lowest BCUT2D eigenvalue weighted by atomic mass is 10.1. The zero-order valence-electron chi connectivity index (χ0n) is 16.1. The summed E-state index contributed by atoms with van der Waals surface area (Å²) in [5.74, 6) is 0.445. The molecule has 3 heterocycles. The first kappa shape index (κ1) is 12.5. The molecule has 8 nitrogen and oxygen atoms in total. The lowest BCUT2D eigenvalue weighted by Gasteiger charge is -2.16. The van der Waals surface area contributed by atoms with Crippen molar-refractivity contribution < 1.29 is 19.1 Å². The molecule has 124 valence electrons. The molecular formula is C12H16BClN4O4S. The number of aliphatic hydroxyl groups is 2. The van der Waals surface area contributed by atoms with Crippen molar-refractivity contribution in [2.45, 2.75) is 31.5 Å². The van der Waals surface area contributed by atoms with Gasteiger partial charge in [-0.05, 0) is 27.3 Å². The standard InChI is InChI=1S/C12H16BClN4O4S/c1-5-16-10(14)7-11(17-5)18(4-15-7)12-9(20)8(19)6(22-12)2-21-23-3-13/h4,6,8-9,12,19-20H,2-3,13H2,1H3/t6-,8-,9-,12-/m1/s1/i13TD,19T,20T. The highest BCUT2D eigenvalue weighted by Gasteiger charge is 2.44. The molecule has 11 heteroatoms. The monoisotopic (exact) mass is 365 g/mol. The van der Waals surface area contributed by atoms with E-state index in [1.54, 1.807) is 11.5 Å². The minimum absolute atomic E-state index is 0.0265. The van der Waals surface area contributed by atoms with E-state index in [0.717, 1.165) is 12.0 Å².